The van der Waals surface area contributed by atoms with Crippen LogP contribution in [0.2, 0.25) is 0 Å². The van der Waals surface area contributed by atoms with E-state index in [4.69, 9.17) is 0 Å². The number of rotatable bonds is 5. The second-order valence-corrected chi connectivity index (χ2v) is 5.56. The molecular formula is C16H27N3. The lowest BCUT2D eigenvalue weighted by Gasteiger charge is -2.35. The van der Waals surface area contributed by atoms with Crippen molar-refractivity contribution >= 4 is 5.82 Å². The van der Waals surface area contributed by atoms with E-state index >= 15 is 0 Å². The second-order valence-electron chi connectivity index (χ2n) is 5.56. The third-order valence-electron chi connectivity index (χ3n) is 4.19. The minimum absolute atomic E-state index is 0.371. The summed E-state index contributed by atoms with van der Waals surface area (Å²) in [7, 11) is 0. The number of anilines is 1. The average molecular weight is 261 g/mol. The predicted octanol–water partition coefficient (Wildman–Crippen LogP) is 3.38. The van der Waals surface area contributed by atoms with Gasteiger partial charge in [-0.25, -0.2) is 4.98 Å². The molecule has 0 amide bonds. The predicted molar refractivity (Wildman–Crippen MR) is 81.6 cm³/mol. The molecule has 2 atom stereocenters. The van der Waals surface area contributed by atoms with E-state index in [0.29, 0.717) is 6.04 Å². The zero-order valence-corrected chi connectivity index (χ0v) is 12.5. The summed E-state index contributed by atoms with van der Waals surface area (Å²) in [5, 5.41) is 3.50. The summed E-state index contributed by atoms with van der Waals surface area (Å²) < 4.78 is 0. The molecule has 2 rings (SSSR count). The summed E-state index contributed by atoms with van der Waals surface area (Å²) >= 11 is 0. The summed E-state index contributed by atoms with van der Waals surface area (Å²) in [6.45, 7) is 9.99. The lowest BCUT2D eigenvalue weighted by atomic mass is 9.95. The third kappa shape index (κ3) is 3.47. The van der Waals surface area contributed by atoms with E-state index in [1.807, 2.05) is 12.3 Å². The molecule has 1 aliphatic rings. The first-order valence-corrected chi connectivity index (χ1v) is 7.69. The molecule has 2 heterocycles. The standard InChI is InChI=1S/C16H27N3/c1-4-14-8-7-11-19(12-14)16-15(9-6-10-18-16)13(3)17-5-2/h6,9-10,13-14,17H,4-5,7-8,11-12H2,1-3H3. The zero-order chi connectivity index (χ0) is 13.7. The van der Waals surface area contributed by atoms with Crippen molar-refractivity contribution in [2.45, 2.75) is 46.1 Å². The Morgan fingerprint density at radius 3 is 3.05 bits per heavy atom. The number of nitrogens with zero attached hydrogens (tertiary/aromatic N) is 2. The van der Waals surface area contributed by atoms with Gasteiger partial charge < -0.3 is 10.2 Å². The largest absolute Gasteiger partial charge is 0.356 e. The summed E-state index contributed by atoms with van der Waals surface area (Å²) in [5.41, 5.74) is 1.33. The van der Waals surface area contributed by atoms with Gasteiger partial charge >= 0.3 is 0 Å². The van der Waals surface area contributed by atoms with Gasteiger partial charge in [-0.1, -0.05) is 26.3 Å². The minimum atomic E-state index is 0.371. The topological polar surface area (TPSA) is 28.2 Å². The first-order valence-electron chi connectivity index (χ1n) is 7.69. The van der Waals surface area contributed by atoms with Gasteiger partial charge in [0.1, 0.15) is 5.82 Å². The van der Waals surface area contributed by atoms with Crippen molar-refractivity contribution in [3.63, 3.8) is 0 Å². The van der Waals surface area contributed by atoms with Gasteiger partial charge in [-0.2, -0.15) is 0 Å². The first kappa shape index (κ1) is 14.3. The number of hydrogen-bond donors (Lipinski definition) is 1. The van der Waals surface area contributed by atoms with Crippen molar-refractivity contribution in [2.75, 3.05) is 24.5 Å². The molecule has 0 aromatic carbocycles. The molecule has 1 aliphatic heterocycles. The van der Waals surface area contributed by atoms with Gasteiger partial charge in [0.25, 0.3) is 0 Å². The maximum absolute atomic E-state index is 4.66. The zero-order valence-electron chi connectivity index (χ0n) is 12.5. The highest BCUT2D eigenvalue weighted by atomic mass is 15.2. The Hall–Kier alpha value is -1.09. The molecule has 0 bridgehead atoms. The molecular weight excluding hydrogens is 234 g/mol. The van der Waals surface area contributed by atoms with Crippen molar-refractivity contribution in [3.8, 4) is 0 Å². The molecule has 0 spiro atoms. The smallest absolute Gasteiger partial charge is 0.133 e. The molecule has 0 saturated carbocycles. The van der Waals surface area contributed by atoms with Crippen molar-refractivity contribution in [2.24, 2.45) is 5.92 Å². The molecule has 1 fully saturated rings. The summed E-state index contributed by atoms with van der Waals surface area (Å²) in [4.78, 5) is 7.15. The van der Waals surface area contributed by atoms with E-state index < -0.39 is 0 Å². The highest BCUT2D eigenvalue weighted by Crippen LogP contribution is 2.28. The molecule has 1 saturated heterocycles. The molecule has 2 unspecified atom stereocenters. The van der Waals surface area contributed by atoms with Crippen LogP contribution in [-0.2, 0) is 0 Å². The highest BCUT2D eigenvalue weighted by molar-refractivity contribution is 5.48. The van der Waals surface area contributed by atoms with Crippen molar-refractivity contribution in [1.82, 2.24) is 10.3 Å². The van der Waals surface area contributed by atoms with Gasteiger partial charge in [0.05, 0.1) is 0 Å². The highest BCUT2D eigenvalue weighted by Gasteiger charge is 2.22. The fourth-order valence-corrected chi connectivity index (χ4v) is 3.02. The van der Waals surface area contributed by atoms with Crippen LogP contribution in [0.3, 0.4) is 0 Å². The number of piperidine rings is 1. The maximum atomic E-state index is 4.66. The van der Waals surface area contributed by atoms with Crippen LogP contribution in [0, 0.1) is 5.92 Å². The van der Waals surface area contributed by atoms with Crippen molar-refractivity contribution < 1.29 is 0 Å². The lowest BCUT2D eigenvalue weighted by Crippen LogP contribution is -2.37. The molecule has 3 nitrogen and oxygen atoms in total. The van der Waals surface area contributed by atoms with Crippen LogP contribution in [0.4, 0.5) is 5.82 Å². The van der Waals surface area contributed by atoms with Crippen LogP contribution in [-0.4, -0.2) is 24.6 Å². The van der Waals surface area contributed by atoms with Crippen molar-refractivity contribution in [1.29, 1.82) is 0 Å². The monoisotopic (exact) mass is 261 g/mol. The first-order chi connectivity index (χ1) is 9.26. The molecule has 1 aromatic rings. The Kier molecular flexibility index (Phi) is 5.20. The van der Waals surface area contributed by atoms with Crippen LogP contribution < -0.4 is 10.2 Å². The minimum Gasteiger partial charge on any atom is -0.356 e. The average Bonchev–Trinajstić information content (AvgIpc) is 2.47. The van der Waals surface area contributed by atoms with Crippen LogP contribution in [0.25, 0.3) is 0 Å². The van der Waals surface area contributed by atoms with Gasteiger partial charge in [-0.05, 0) is 38.3 Å². The molecule has 0 radical (unpaired) electrons. The molecule has 19 heavy (non-hydrogen) atoms. The maximum Gasteiger partial charge on any atom is 0.133 e. The third-order valence-corrected chi connectivity index (χ3v) is 4.19. The van der Waals surface area contributed by atoms with Gasteiger partial charge in [-0.15, -0.1) is 0 Å². The summed E-state index contributed by atoms with van der Waals surface area (Å²) in [5.74, 6) is 2.02. The van der Waals surface area contributed by atoms with Gasteiger partial charge in [0.15, 0.2) is 0 Å². The molecule has 106 valence electrons. The quantitative estimate of drug-likeness (QED) is 0.880. The van der Waals surface area contributed by atoms with E-state index in [9.17, 15) is 0 Å². The summed E-state index contributed by atoms with van der Waals surface area (Å²) in [6, 6.07) is 4.63. The van der Waals surface area contributed by atoms with Crippen LogP contribution in [0.5, 0.6) is 0 Å². The Bertz CT molecular complexity index is 391. The van der Waals surface area contributed by atoms with Gasteiger partial charge in [0, 0.05) is 30.9 Å². The number of pyridine rings is 1. The SMILES string of the molecule is CCNC(C)c1cccnc1N1CCCC(CC)C1. The van der Waals surface area contributed by atoms with E-state index in [2.05, 4.69) is 42.0 Å². The molecule has 1 aromatic heterocycles. The number of aromatic nitrogens is 1. The van der Waals surface area contributed by atoms with Crippen LogP contribution in [0.1, 0.15) is 51.6 Å². The molecule has 3 heteroatoms. The van der Waals surface area contributed by atoms with E-state index in [-0.39, 0.29) is 0 Å². The van der Waals surface area contributed by atoms with E-state index in [1.165, 1.54) is 37.2 Å². The number of nitrogens with one attached hydrogen (secondary N) is 1. The fraction of sp³-hybridized carbons (Fsp3) is 0.688. The lowest BCUT2D eigenvalue weighted by molar-refractivity contribution is 0.401. The van der Waals surface area contributed by atoms with Gasteiger partial charge in [-0.3, -0.25) is 0 Å². The Balaban J connectivity index is 2.18. The summed E-state index contributed by atoms with van der Waals surface area (Å²) in [6.07, 6.45) is 5.87. The normalized spacial score (nSPS) is 21.4. The second kappa shape index (κ2) is 6.90. The van der Waals surface area contributed by atoms with Crippen molar-refractivity contribution in [3.05, 3.63) is 23.9 Å². The Morgan fingerprint density at radius 1 is 1.47 bits per heavy atom. The molecule has 0 aliphatic carbocycles. The van der Waals surface area contributed by atoms with Gasteiger partial charge in [0.2, 0.25) is 0 Å². The number of hydrogen-bond acceptors (Lipinski definition) is 3. The van der Waals surface area contributed by atoms with E-state index in [0.717, 1.165) is 19.0 Å². The fourth-order valence-electron chi connectivity index (χ4n) is 3.02. The Morgan fingerprint density at radius 2 is 2.32 bits per heavy atom. The van der Waals surface area contributed by atoms with Crippen LogP contribution >= 0.6 is 0 Å². The van der Waals surface area contributed by atoms with Crippen LogP contribution in [0.15, 0.2) is 18.3 Å². The molecule has 1 N–H and O–H groups in total. The van der Waals surface area contributed by atoms with E-state index in [1.54, 1.807) is 0 Å². The Labute approximate surface area is 117 Å².